The molecule has 14 heteroatoms. The van der Waals surface area contributed by atoms with Gasteiger partial charge in [0, 0.05) is 37.8 Å². The molecule has 2 aromatic carbocycles. The average molecular weight is 615 g/mol. The molecule has 1 fully saturated rings. The van der Waals surface area contributed by atoms with Crippen LogP contribution < -0.4 is 20.3 Å². The Bertz CT molecular complexity index is 1590. The van der Waals surface area contributed by atoms with Gasteiger partial charge in [0.25, 0.3) is 5.91 Å². The zero-order chi connectivity index (χ0) is 31.9. The summed E-state index contributed by atoms with van der Waals surface area (Å²) in [4.78, 5) is 37.6. The third-order valence-corrected chi connectivity index (χ3v) is 6.69. The van der Waals surface area contributed by atoms with E-state index in [0.717, 1.165) is 42.4 Å². The van der Waals surface area contributed by atoms with Gasteiger partial charge in [-0.1, -0.05) is 12.1 Å². The largest absolute Gasteiger partial charge is 0.490 e. The molecule has 1 aliphatic rings. The molecule has 3 N–H and O–H groups in total. The SMILES string of the molecule is CN(C)c1nc(N[C@H]2CC[C@@H](NC(=O)c3cccnc3Oc3ccc(F)cc3)CC2)nc2ccccc12.O=C(O)C(F)(F)F. The van der Waals surface area contributed by atoms with Crippen LogP contribution in [0.2, 0.25) is 0 Å². The number of aromatic nitrogens is 3. The molecule has 0 saturated heterocycles. The lowest BCUT2D eigenvalue weighted by Gasteiger charge is -2.30. The van der Waals surface area contributed by atoms with Crippen molar-refractivity contribution >= 4 is 34.5 Å². The number of carboxylic acids is 1. The van der Waals surface area contributed by atoms with Crippen LogP contribution in [-0.2, 0) is 4.79 Å². The van der Waals surface area contributed by atoms with E-state index in [4.69, 9.17) is 24.6 Å². The molecule has 44 heavy (non-hydrogen) atoms. The average Bonchev–Trinajstić information content (AvgIpc) is 2.99. The summed E-state index contributed by atoms with van der Waals surface area (Å²) in [6, 6.07) is 17.2. The molecule has 0 bridgehead atoms. The second kappa shape index (κ2) is 14.0. The number of pyridine rings is 1. The van der Waals surface area contributed by atoms with E-state index in [1.54, 1.807) is 18.3 Å². The Balaban J connectivity index is 0.000000566. The first kappa shape index (κ1) is 31.9. The van der Waals surface area contributed by atoms with Crippen molar-refractivity contribution in [3.63, 3.8) is 0 Å². The first-order valence-corrected chi connectivity index (χ1v) is 13.6. The highest BCUT2D eigenvalue weighted by Gasteiger charge is 2.38. The van der Waals surface area contributed by atoms with Crippen LogP contribution >= 0.6 is 0 Å². The van der Waals surface area contributed by atoms with E-state index < -0.39 is 12.1 Å². The summed E-state index contributed by atoms with van der Waals surface area (Å²) >= 11 is 0. The van der Waals surface area contributed by atoms with Crippen molar-refractivity contribution in [2.24, 2.45) is 0 Å². The number of amides is 1. The van der Waals surface area contributed by atoms with Crippen LogP contribution in [0, 0.1) is 5.82 Å². The molecule has 0 radical (unpaired) electrons. The van der Waals surface area contributed by atoms with Gasteiger partial charge in [-0.25, -0.2) is 19.2 Å². The molecular formula is C30H30F4N6O4. The summed E-state index contributed by atoms with van der Waals surface area (Å²) in [7, 11) is 3.95. The normalized spacial score (nSPS) is 16.3. The lowest BCUT2D eigenvalue weighted by Crippen LogP contribution is -2.40. The summed E-state index contributed by atoms with van der Waals surface area (Å²) in [5, 5.41) is 14.8. The summed E-state index contributed by atoms with van der Waals surface area (Å²) < 4.78 is 50.7. The van der Waals surface area contributed by atoms with Crippen molar-refractivity contribution in [3.05, 3.63) is 78.2 Å². The van der Waals surface area contributed by atoms with Gasteiger partial charge in [0.1, 0.15) is 22.9 Å². The first-order valence-electron chi connectivity index (χ1n) is 13.6. The number of hydrogen-bond acceptors (Lipinski definition) is 8. The minimum atomic E-state index is -5.08. The fourth-order valence-electron chi connectivity index (χ4n) is 4.55. The molecule has 0 unspecified atom stereocenters. The molecule has 2 aromatic heterocycles. The van der Waals surface area contributed by atoms with Crippen molar-refractivity contribution in [2.45, 2.75) is 43.9 Å². The number of ether oxygens (including phenoxy) is 1. The van der Waals surface area contributed by atoms with Gasteiger partial charge in [0.15, 0.2) is 0 Å². The Labute approximate surface area is 250 Å². The van der Waals surface area contributed by atoms with Crippen LogP contribution in [0.15, 0.2) is 66.9 Å². The number of para-hydroxylation sites is 1. The highest BCUT2D eigenvalue weighted by Crippen LogP contribution is 2.27. The van der Waals surface area contributed by atoms with Gasteiger partial charge in [0.05, 0.1) is 5.52 Å². The molecule has 1 amide bonds. The van der Waals surface area contributed by atoms with Crippen LogP contribution in [0.3, 0.4) is 0 Å². The zero-order valence-corrected chi connectivity index (χ0v) is 23.8. The predicted octanol–water partition coefficient (Wildman–Crippen LogP) is 5.81. The number of halogens is 4. The number of nitrogens with one attached hydrogen (secondary N) is 2. The molecule has 10 nitrogen and oxygen atoms in total. The third kappa shape index (κ3) is 8.52. The van der Waals surface area contributed by atoms with E-state index in [1.165, 1.54) is 24.3 Å². The van der Waals surface area contributed by atoms with Gasteiger partial charge in [-0.05, 0) is 74.2 Å². The number of carbonyl (C=O) groups excluding carboxylic acids is 1. The number of carbonyl (C=O) groups is 2. The van der Waals surface area contributed by atoms with Gasteiger partial charge in [-0.15, -0.1) is 0 Å². The van der Waals surface area contributed by atoms with Gasteiger partial charge >= 0.3 is 12.1 Å². The summed E-state index contributed by atoms with van der Waals surface area (Å²) in [6.45, 7) is 0. The van der Waals surface area contributed by atoms with E-state index in [9.17, 15) is 22.4 Å². The highest BCUT2D eigenvalue weighted by atomic mass is 19.4. The van der Waals surface area contributed by atoms with Gasteiger partial charge < -0.3 is 25.4 Å². The highest BCUT2D eigenvalue weighted by molar-refractivity contribution is 5.96. The van der Waals surface area contributed by atoms with Crippen molar-refractivity contribution in [1.82, 2.24) is 20.3 Å². The third-order valence-electron chi connectivity index (χ3n) is 6.69. The van der Waals surface area contributed by atoms with Crippen LogP contribution in [0.5, 0.6) is 11.6 Å². The lowest BCUT2D eigenvalue weighted by atomic mass is 9.91. The first-order chi connectivity index (χ1) is 20.9. The summed E-state index contributed by atoms with van der Waals surface area (Å²) in [5.41, 5.74) is 1.24. The van der Waals surface area contributed by atoms with Crippen molar-refractivity contribution < 1.29 is 37.0 Å². The Morgan fingerprint density at radius 1 is 0.932 bits per heavy atom. The molecule has 0 spiro atoms. The molecule has 0 aliphatic heterocycles. The maximum atomic E-state index is 13.2. The molecule has 1 saturated carbocycles. The number of benzene rings is 2. The van der Waals surface area contributed by atoms with Crippen molar-refractivity contribution in [3.8, 4) is 11.6 Å². The van der Waals surface area contributed by atoms with Gasteiger partial charge in [-0.3, -0.25) is 4.79 Å². The number of aliphatic carboxylic acids is 1. The number of fused-ring (bicyclic) bond motifs is 1. The van der Waals surface area contributed by atoms with Crippen molar-refractivity contribution in [2.75, 3.05) is 24.3 Å². The molecule has 5 rings (SSSR count). The minimum absolute atomic E-state index is 0.0410. The predicted molar refractivity (Wildman–Crippen MR) is 155 cm³/mol. The topological polar surface area (TPSA) is 130 Å². The van der Waals surface area contributed by atoms with E-state index in [2.05, 4.69) is 15.6 Å². The molecule has 2 heterocycles. The fraction of sp³-hybridized carbons (Fsp3) is 0.300. The molecule has 4 aromatic rings. The monoisotopic (exact) mass is 614 g/mol. The molecule has 0 atom stereocenters. The maximum absolute atomic E-state index is 13.2. The van der Waals surface area contributed by atoms with Gasteiger partial charge in [0.2, 0.25) is 11.8 Å². The maximum Gasteiger partial charge on any atom is 0.490 e. The second-order valence-corrected chi connectivity index (χ2v) is 10.2. The molecular weight excluding hydrogens is 584 g/mol. The fourth-order valence-corrected chi connectivity index (χ4v) is 4.55. The number of carboxylic acid groups (broad SMARTS) is 1. The van der Waals surface area contributed by atoms with Crippen LogP contribution in [0.1, 0.15) is 36.0 Å². The zero-order valence-electron chi connectivity index (χ0n) is 23.8. The van der Waals surface area contributed by atoms with Gasteiger partial charge in [-0.2, -0.15) is 18.2 Å². The number of nitrogens with zero attached hydrogens (tertiary/aromatic N) is 4. The standard InChI is InChI=1S/C28H29FN6O2.C2HF3O2/c1-35(2)25-22-6-3-4-8-24(22)33-28(34-25)32-20-13-11-19(12-14-20)31-26(36)23-7-5-17-30-27(23)37-21-15-9-18(29)10-16-21;3-2(4,5)1(6)7/h3-10,15-17,19-20H,11-14H2,1-2H3,(H,31,36)(H,32,33,34);(H,6,7)/t19-,20+;. The number of alkyl halides is 3. The van der Waals surface area contributed by atoms with Crippen LogP contribution in [-0.4, -0.2) is 64.3 Å². The Morgan fingerprint density at radius 2 is 1.57 bits per heavy atom. The van der Waals surface area contributed by atoms with E-state index >= 15 is 0 Å². The van der Waals surface area contributed by atoms with Crippen LogP contribution in [0.25, 0.3) is 10.9 Å². The van der Waals surface area contributed by atoms with E-state index in [0.29, 0.717) is 17.3 Å². The Morgan fingerprint density at radius 3 is 2.20 bits per heavy atom. The van der Waals surface area contributed by atoms with E-state index in [1.807, 2.05) is 43.3 Å². The smallest absolute Gasteiger partial charge is 0.475 e. The minimum Gasteiger partial charge on any atom is -0.475 e. The number of hydrogen-bond donors (Lipinski definition) is 3. The van der Waals surface area contributed by atoms with Crippen LogP contribution in [0.4, 0.5) is 29.3 Å². The van der Waals surface area contributed by atoms with E-state index in [-0.39, 0.29) is 29.7 Å². The quantitative estimate of drug-likeness (QED) is 0.221. The Kier molecular flexibility index (Phi) is 10.1. The molecule has 1 aliphatic carbocycles. The summed E-state index contributed by atoms with van der Waals surface area (Å²) in [5.74, 6) is -1.26. The Hall–Kier alpha value is -5.01. The van der Waals surface area contributed by atoms with Crippen molar-refractivity contribution in [1.29, 1.82) is 0 Å². The number of rotatable bonds is 7. The summed E-state index contributed by atoms with van der Waals surface area (Å²) in [6.07, 6.45) is -0.115. The number of anilines is 2. The lowest BCUT2D eigenvalue weighted by molar-refractivity contribution is -0.192. The molecule has 232 valence electrons. The second-order valence-electron chi connectivity index (χ2n) is 10.2.